The average molecular weight is 420 g/mol. The highest BCUT2D eigenvalue weighted by molar-refractivity contribution is 6.00. The van der Waals surface area contributed by atoms with Crippen molar-refractivity contribution in [2.45, 2.75) is 25.3 Å². The van der Waals surface area contributed by atoms with Crippen molar-refractivity contribution in [2.24, 2.45) is 11.8 Å². The number of carbonyl (C=O) groups excluding carboxylic acids is 3. The summed E-state index contributed by atoms with van der Waals surface area (Å²) in [5, 5.41) is 8.52. The Hall–Kier alpha value is -3.26. The summed E-state index contributed by atoms with van der Waals surface area (Å²) in [4.78, 5) is 41.7. The predicted octanol–water partition coefficient (Wildman–Crippen LogP) is 1.46. The van der Waals surface area contributed by atoms with Crippen molar-refractivity contribution in [3.05, 3.63) is 58.4 Å². The Labute approximate surface area is 179 Å². The van der Waals surface area contributed by atoms with Gasteiger partial charge in [-0.05, 0) is 29.3 Å². The highest BCUT2D eigenvalue weighted by atomic mass is 16.5. The molecule has 3 N–H and O–H groups in total. The number of ether oxygens (including phenoxy) is 1. The summed E-state index contributed by atoms with van der Waals surface area (Å²) in [5.74, 6) is -0.0298. The quantitative estimate of drug-likeness (QED) is 0.679. The van der Waals surface area contributed by atoms with E-state index in [9.17, 15) is 14.4 Å². The lowest BCUT2D eigenvalue weighted by Gasteiger charge is -2.17. The molecule has 8 heteroatoms. The number of hydrogen-bond acceptors (Lipinski definition) is 5. The Morgan fingerprint density at radius 1 is 1.19 bits per heavy atom. The smallest absolute Gasteiger partial charge is 0.269 e. The first kappa shape index (κ1) is 19.7. The maximum atomic E-state index is 13.0. The number of carbonyl (C=O) groups is 3. The van der Waals surface area contributed by atoms with E-state index in [1.807, 2.05) is 25.1 Å². The maximum absolute atomic E-state index is 13.0. The van der Waals surface area contributed by atoms with Gasteiger partial charge in [0.05, 0.1) is 19.6 Å². The maximum Gasteiger partial charge on any atom is 0.269 e. The molecule has 0 bridgehead atoms. The largest absolute Gasteiger partial charge is 0.381 e. The van der Waals surface area contributed by atoms with Gasteiger partial charge in [0, 0.05) is 47.8 Å². The first-order chi connectivity index (χ1) is 15.0. The van der Waals surface area contributed by atoms with E-state index in [0.29, 0.717) is 42.7 Å². The van der Waals surface area contributed by atoms with E-state index < -0.39 is 0 Å². The Morgan fingerprint density at radius 3 is 2.71 bits per heavy atom. The van der Waals surface area contributed by atoms with Gasteiger partial charge in [-0.25, -0.2) is 4.98 Å². The number of fused-ring (bicyclic) bond motifs is 2. The van der Waals surface area contributed by atoms with E-state index >= 15 is 0 Å². The van der Waals surface area contributed by atoms with E-state index in [4.69, 9.17) is 4.74 Å². The Balaban J connectivity index is 1.47. The van der Waals surface area contributed by atoms with Crippen LogP contribution in [0, 0.1) is 11.8 Å². The molecule has 160 valence electrons. The van der Waals surface area contributed by atoms with Crippen LogP contribution in [0.5, 0.6) is 0 Å². The lowest BCUT2D eigenvalue weighted by molar-refractivity contribution is -0.115. The summed E-state index contributed by atoms with van der Waals surface area (Å²) in [6, 6.07) is 9.13. The molecule has 3 aliphatic rings. The van der Waals surface area contributed by atoms with Crippen LogP contribution in [0.3, 0.4) is 0 Å². The van der Waals surface area contributed by atoms with Crippen LogP contribution in [0.2, 0.25) is 0 Å². The number of benzene rings is 1. The predicted molar refractivity (Wildman–Crippen MR) is 113 cm³/mol. The van der Waals surface area contributed by atoms with Crippen LogP contribution in [-0.2, 0) is 16.0 Å². The van der Waals surface area contributed by atoms with Crippen molar-refractivity contribution < 1.29 is 19.1 Å². The molecule has 0 spiro atoms. The second kappa shape index (κ2) is 7.46. The van der Waals surface area contributed by atoms with E-state index in [-0.39, 0.29) is 35.4 Å². The molecule has 1 aliphatic carbocycles. The van der Waals surface area contributed by atoms with Gasteiger partial charge in [0.25, 0.3) is 11.8 Å². The molecule has 4 atom stereocenters. The van der Waals surface area contributed by atoms with Crippen molar-refractivity contribution in [1.29, 1.82) is 0 Å². The Kier molecular flexibility index (Phi) is 4.74. The normalized spacial score (nSPS) is 24.1. The number of anilines is 1. The summed E-state index contributed by atoms with van der Waals surface area (Å²) in [7, 11) is 1.53. The zero-order valence-corrected chi connectivity index (χ0v) is 17.4. The SMILES string of the molecule is CNC(=O)c1cc(C(=O)N[C@H]2[C@@H]3COC[C@@H]32)cc([C@H](C)c2cccc3c2CC(=O)N3)n1. The first-order valence-electron chi connectivity index (χ1n) is 10.5. The number of hydrogen-bond donors (Lipinski definition) is 3. The van der Waals surface area contributed by atoms with Gasteiger partial charge in [-0.1, -0.05) is 19.1 Å². The molecule has 31 heavy (non-hydrogen) atoms. The molecular weight excluding hydrogens is 396 g/mol. The molecular formula is C23H24N4O4. The molecule has 2 aliphatic heterocycles. The number of amides is 3. The average Bonchev–Trinajstić information content (AvgIpc) is 3.12. The monoisotopic (exact) mass is 420 g/mol. The fraction of sp³-hybridized carbons (Fsp3) is 0.391. The molecule has 2 fully saturated rings. The lowest BCUT2D eigenvalue weighted by Crippen LogP contribution is -2.30. The third kappa shape index (κ3) is 3.46. The topological polar surface area (TPSA) is 109 Å². The van der Waals surface area contributed by atoms with Crippen molar-refractivity contribution in [3.63, 3.8) is 0 Å². The molecule has 3 amide bonds. The van der Waals surface area contributed by atoms with Crippen molar-refractivity contribution in [1.82, 2.24) is 15.6 Å². The third-order valence-corrected chi connectivity index (χ3v) is 6.55. The second-order valence-electron chi connectivity index (χ2n) is 8.43. The Morgan fingerprint density at radius 2 is 1.97 bits per heavy atom. The van der Waals surface area contributed by atoms with Crippen molar-refractivity contribution in [3.8, 4) is 0 Å². The number of rotatable bonds is 5. The Bertz CT molecular complexity index is 1090. The van der Waals surface area contributed by atoms with E-state index in [2.05, 4.69) is 20.9 Å². The molecule has 5 rings (SSSR count). The minimum absolute atomic E-state index is 0.0410. The second-order valence-corrected chi connectivity index (χ2v) is 8.43. The molecule has 1 saturated heterocycles. The van der Waals surface area contributed by atoms with Crippen LogP contribution in [0.1, 0.15) is 50.5 Å². The van der Waals surface area contributed by atoms with Gasteiger partial charge in [0.1, 0.15) is 5.69 Å². The molecule has 2 aromatic rings. The summed E-state index contributed by atoms with van der Waals surface area (Å²) in [5.41, 5.74) is 3.90. The highest BCUT2D eigenvalue weighted by Gasteiger charge is 2.54. The molecule has 1 aromatic heterocycles. The van der Waals surface area contributed by atoms with Gasteiger partial charge in [-0.15, -0.1) is 0 Å². The van der Waals surface area contributed by atoms with E-state index in [0.717, 1.165) is 16.8 Å². The minimum atomic E-state index is -0.352. The standard InChI is InChI=1S/C23H24N4O4/c1-11(13-4-3-5-17-14(13)8-20(28)26-17)18-6-12(7-19(25-18)23(30)24-2)22(29)27-21-15-9-31-10-16(15)21/h3-7,11,15-16,21H,8-10H2,1-2H3,(H,24,30)(H,26,28)(H,27,29)/t11-,15-,16+,21+/m1/s1. The molecule has 0 unspecified atom stereocenters. The zero-order chi connectivity index (χ0) is 21.7. The number of nitrogens with one attached hydrogen (secondary N) is 3. The first-order valence-corrected chi connectivity index (χ1v) is 10.5. The van der Waals surface area contributed by atoms with Gasteiger partial charge in [-0.3, -0.25) is 14.4 Å². The third-order valence-electron chi connectivity index (χ3n) is 6.55. The summed E-state index contributed by atoms with van der Waals surface area (Å²) >= 11 is 0. The van der Waals surface area contributed by atoms with Gasteiger partial charge in [0.2, 0.25) is 5.91 Å². The van der Waals surface area contributed by atoms with Crippen molar-refractivity contribution in [2.75, 3.05) is 25.6 Å². The van der Waals surface area contributed by atoms with Crippen LogP contribution in [0.15, 0.2) is 30.3 Å². The fourth-order valence-electron chi connectivity index (χ4n) is 4.68. The molecule has 1 aromatic carbocycles. The number of pyridine rings is 1. The van der Waals surface area contributed by atoms with Gasteiger partial charge in [-0.2, -0.15) is 0 Å². The zero-order valence-electron chi connectivity index (χ0n) is 17.4. The summed E-state index contributed by atoms with van der Waals surface area (Å²) in [6.45, 7) is 3.34. The molecule has 1 saturated carbocycles. The highest BCUT2D eigenvalue weighted by Crippen LogP contribution is 2.44. The lowest BCUT2D eigenvalue weighted by atomic mass is 9.90. The van der Waals surface area contributed by atoms with Gasteiger partial charge in [0.15, 0.2) is 0 Å². The number of nitrogens with zero attached hydrogens (tertiary/aromatic N) is 1. The van der Waals surface area contributed by atoms with Crippen LogP contribution in [-0.4, -0.2) is 49.0 Å². The van der Waals surface area contributed by atoms with Gasteiger partial charge < -0.3 is 20.7 Å². The summed E-state index contributed by atoms with van der Waals surface area (Å²) < 4.78 is 5.39. The van der Waals surface area contributed by atoms with Crippen LogP contribution >= 0.6 is 0 Å². The molecule has 0 radical (unpaired) electrons. The van der Waals surface area contributed by atoms with Crippen LogP contribution < -0.4 is 16.0 Å². The molecule has 3 heterocycles. The summed E-state index contributed by atoms with van der Waals surface area (Å²) in [6.07, 6.45) is 0.310. The van der Waals surface area contributed by atoms with Crippen molar-refractivity contribution >= 4 is 23.4 Å². The van der Waals surface area contributed by atoms with Crippen LogP contribution in [0.25, 0.3) is 0 Å². The van der Waals surface area contributed by atoms with Gasteiger partial charge >= 0.3 is 0 Å². The fourth-order valence-corrected chi connectivity index (χ4v) is 4.68. The van der Waals surface area contributed by atoms with E-state index in [1.54, 1.807) is 6.07 Å². The number of aromatic nitrogens is 1. The molecule has 8 nitrogen and oxygen atoms in total. The van der Waals surface area contributed by atoms with Crippen LogP contribution in [0.4, 0.5) is 5.69 Å². The minimum Gasteiger partial charge on any atom is -0.381 e. The van der Waals surface area contributed by atoms with E-state index in [1.165, 1.54) is 13.1 Å².